The molecule has 0 atom stereocenters. The van der Waals surface area contributed by atoms with Crippen LogP contribution in [-0.4, -0.2) is 14.8 Å². The van der Waals surface area contributed by atoms with E-state index in [0.717, 1.165) is 47.2 Å². The van der Waals surface area contributed by atoms with Crippen molar-refractivity contribution in [2.75, 3.05) is 0 Å². The van der Waals surface area contributed by atoms with E-state index in [2.05, 4.69) is 71.1 Å². The van der Waals surface area contributed by atoms with E-state index in [0.29, 0.717) is 0 Å². The second-order valence-electron chi connectivity index (χ2n) is 6.89. The molecule has 136 valence electrons. The molecule has 0 fully saturated rings. The summed E-state index contributed by atoms with van der Waals surface area (Å²) < 4.78 is 8.47. The number of ether oxygens (including phenoxy) is 1. The van der Waals surface area contributed by atoms with Crippen LogP contribution in [0.1, 0.15) is 29.2 Å². The molecule has 4 nitrogen and oxygen atoms in total. The van der Waals surface area contributed by atoms with Gasteiger partial charge in [0.1, 0.15) is 17.3 Å². The summed E-state index contributed by atoms with van der Waals surface area (Å²) in [5.41, 5.74) is 4.73. The Kier molecular flexibility index (Phi) is 4.63. The summed E-state index contributed by atoms with van der Waals surface area (Å²) in [7, 11) is 0. The number of aryl methyl sites for hydroxylation is 3. The molecule has 0 unspecified atom stereocenters. The number of allylic oxidation sites excluding steroid dienone is 2. The number of hydrogen-bond acceptors (Lipinski definition) is 3. The van der Waals surface area contributed by atoms with Crippen LogP contribution in [0.25, 0.3) is 17.2 Å². The van der Waals surface area contributed by atoms with Gasteiger partial charge in [0, 0.05) is 12.1 Å². The minimum absolute atomic E-state index is 0.835. The van der Waals surface area contributed by atoms with E-state index in [1.165, 1.54) is 11.1 Å². The molecule has 2 heterocycles. The van der Waals surface area contributed by atoms with Crippen LogP contribution in [-0.2, 0) is 6.54 Å². The van der Waals surface area contributed by atoms with Gasteiger partial charge in [0.2, 0.25) is 0 Å². The van der Waals surface area contributed by atoms with Crippen molar-refractivity contribution in [3.8, 4) is 16.9 Å². The summed E-state index contributed by atoms with van der Waals surface area (Å²) in [4.78, 5) is 0. The fraction of sp³-hybridized carbons (Fsp3) is 0.217. The quantitative estimate of drug-likeness (QED) is 0.643. The second-order valence-corrected chi connectivity index (χ2v) is 6.89. The van der Waals surface area contributed by atoms with Crippen molar-refractivity contribution in [2.45, 2.75) is 33.7 Å². The Morgan fingerprint density at radius 2 is 1.70 bits per heavy atom. The van der Waals surface area contributed by atoms with Crippen molar-refractivity contribution in [1.29, 1.82) is 0 Å². The van der Waals surface area contributed by atoms with Crippen molar-refractivity contribution in [3.63, 3.8) is 0 Å². The SMILES string of the molecule is Cc1cc(OC2=C/CCn3c(C)nnc3/C=C\2)c(-c2ccccc2)cc1C. The monoisotopic (exact) mass is 357 g/mol. The maximum absolute atomic E-state index is 6.35. The number of rotatable bonds is 3. The maximum Gasteiger partial charge on any atom is 0.156 e. The van der Waals surface area contributed by atoms with E-state index in [-0.39, 0.29) is 0 Å². The Balaban J connectivity index is 1.69. The third-order valence-electron chi connectivity index (χ3n) is 4.97. The summed E-state index contributed by atoms with van der Waals surface area (Å²) in [5.74, 6) is 3.51. The third-order valence-corrected chi connectivity index (χ3v) is 4.97. The van der Waals surface area contributed by atoms with E-state index < -0.39 is 0 Å². The topological polar surface area (TPSA) is 39.9 Å². The summed E-state index contributed by atoms with van der Waals surface area (Å²) >= 11 is 0. The molecular formula is C23H23N3O. The lowest BCUT2D eigenvalue weighted by Crippen LogP contribution is -2.05. The highest BCUT2D eigenvalue weighted by Gasteiger charge is 2.12. The Hall–Kier alpha value is -3.14. The lowest BCUT2D eigenvalue weighted by molar-refractivity contribution is 0.441. The highest BCUT2D eigenvalue weighted by atomic mass is 16.5. The van der Waals surface area contributed by atoms with E-state index in [9.17, 15) is 0 Å². The molecule has 1 aliphatic heterocycles. The Morgan fingerprint density at radius 1 is 0.926 bits per heavy atom. The van der Waals surface area contributed by atoms with Gasteiger partial charge >= 0.3 is 0 Å². The fourth-order valence-corrected chi connectivity index (χ4v) is 3.28. The summed E-state index contributed by atoms with van der Waals surface area (Å²) in [6.45, 7) is 7.08. The van der Waals surface area contributed by atoms with Crippen LogP contribution in [0.2, 0.25) is 0 Å². The van der Waals surface area contributed by atoms with E-state index in [1.54, 1.807) is 0 Å². The molecular weight excluding hydrogens is 334 g/mol. The molecule has 27 heavy (non-hydrogen) atoms. The Labute approximate surface area is 159 Å². The molecule has 0 radical (unpaired) electrons. The lowest BCUT2D eigenvalue weighted by Gasteiger charge is -2.16. The zero-order chi connectivity index (χ0) is 18.8. The average Bonchev–Trinajstić information content (AvgIpc) is 3.00. The third kappa shape index (κ3) is 3.56. The van der Waals surface area contributed by atoms with Crippen LogP contribution >= 0.6 is 0 Å². The highest BCUT2D eigenvalue weighted by Crippen LogP contribution is 2.34. The highest BCUT2D eigenvalue weighted by molar-refractivity contribution is 5.72. The van der Waals surface area contributed by atoms with Gasteiger partial charge in [-0.15, -0.1) is 10.2 Å². The molecule has 0 spiro atoms. The first kappa shape index (κ1) is 17.3. The summed E-state index contributed by atoms with van der Waals surface area (Å²) in [6, 6.07) is 14.7. The van der Waals surface area contributed by atoms with Gasteiger partial charge in [-0.2, -0.15) is 0 Å². The smallest absolute Gasteiger partial charge is 0.156 e. The van der Waals surface area contributed by atoms with Crippen molar-refractivity contribution in [1.82, 2.24) is 14.8 Å². The van der Waals surface area contributed by atoms with E-state index in [4.69, 9.17) is 4.74 Å². The van der Waals surface area contributed by atoms with Crippen LogP contribution in [0.4, 0.5) is 0 Å². The van der Waals surface area contributed by atoms with Crippen molar-refractivity contribution < 1.29 is 4.74 Å². The van der Waals surface area contributed by atoms with Crippen molar-refractivity contribution in [3.05, 3.63) is 83.2 Å². The Morgan fingerprint density at radius 3 is 2.52 bits per heavy atom. The fourth-order valence-electron chi connectivity index (χ4n) is 3.28. The Bertz CT molecular complexity index is 1030. The average molecular weight is 357 g/mol. The summed E-state index contributed by atoms with van der Waals surface area (Å²) in [6.07, 6.45) is 6.94. The molecule has 0 amide bonds. The summed E-state index contributed by atoms with van der Waals surface area (Å²) in [5, 5.41) is 8.40. The standard InChI is InChI=1S/C23H23N3O/c1-16-14-21(19-8-5-4-6-9-19)22(15-17(16)2)27-20-10-7-13-26-18(3)24-25-23(26)12-11-20/h4-6,8-12,14-15H,7,13H2,1-3H3/b12-11-,20-10+. The minimum atomic E-state index is 0.835. The molecule has 4 rings (SSSR count). The van der Waals surface area contributed by atoms with Gasteiger partial charge in [-0.1, -0.05) is 30.3 Å². The zero-order valence-corrected chi connectivity index (χ0v) is 15.9. The first-order valence-electron chi connectivity index (χ1n) is 9.24. The van der Waals surface area contributed by atoms with Crippen LogP contribution in [0, 0.1) is 20.8 Å². The number of benzene rings is 2. The number of hydrogen-bond donors (Lipinski definition) is 0. The number of aromatic nitrogens is 3. The minimum Gasteiger partial charge on any atom is -0.457 e. The molecule has 0 N–H and O–H groups in total. The van der Waals surface area contributed by atoms with Gasteiger partial charge in [0.25, 0.3) is 0 Å². The predicted molar refractivity (Wildman–Crippen MR) is 108 cm³/mol. The van der Waals surface area contributed by atoms with Crippen LogP contribution in [0.3, 0.4) is 0 Å². The van der Waals surface area contributed by atoms with Crippen molar-refractivity contribution >= 4 is 6.08 Å². The molecule has 2 aromatic carbocycles. The van der Waals surface area contributed by atoms with Gasteiger partial charge in [-0.25, -0.2) is 0 Å². The molecule has 0 saturated heterocycles. The maximum atomic E-state index is 6.35. The van der Waals surface area contributed by atoms with Gasteiger partial charge < -0.3 is 9.30 Å². The number of nitrogens with zero attached hydrogens (tertiary/aromatic N) is 3. The molecule has 0 saturated carbocycles. The van der Waals surface area contributed by atoms with E-state index >= 15 is 0 Å². The molecule has 3 aromatic rings. The lowest BCUT2D eigenvalue weighted by atomic mass is 9.99. The molecule has 1 aliphatic rings. The van der Waals surface area contributed by atoms with Gasteiger partial charge in [0.05, 0.1) is 0 Å². The van der Waals surface area contributed by atoms with Gasteiger partial charge in [0.15, 0.2) is 5.82 Å². The van der Waals surface area contributed by atoms with Gasteiger partial charge in [-0.05, 0) is 74.2 Å². The van der Waals surface area contributed by atoms with Crippen LogP contribution in [0.5, 0.6) is 5.75 Å². The van der Waals surface area contributed by atoms with Crippen LogP contribution < -0.4 is 4.74 Å². The molecule has 0 bridgehead atoms. The molecule has 1 aromatic heterocycles. The first-order chi connectivity index (χ1) is 13.1. The molecule has 0 aliphatic carbocycles. The normalized spacial score (nSPS) is 16.6. The second kappa shape index (κ2) is 7.23. The van der Waals surface area contributed by atoms with Gasteiger partial charge in [-0.3, -0.25) is 0 Å². The zero-order valence-electron chi connectivity index (χ0n) is 15.9. The first-order valence-corrected chi connectivity index (χ1v) is 9.24. The van der Waals surface area contributed by atoms with E-state index in [1.807, 2.05) is 25.1 Å². The number of fused-ring (bicyclic) bond motifs is 1. The largest absolute Gasteiger partial charge is 0.457 e. The predicted octanol–water partition coefficient (Wildman–Crippen LogP) is 5.25. The van der Waals surface area contributed by atoms with Crippen molar-refractivity contribution in [2.24, 2.45) is 0 Å². The van der Waals surface area contributed by atoms with Crippen LogP contribution in [0.15, 0.2) is 60.4 Å². The molecule has 4 heteroatoms.